The Kier molecular flexibility index (Phi) is 8.08. The lowest BCUT2D eigenvalue weighted by Crippen LogP contribution is -2.40. The fourth-order valence-corrected chi connectivity index (χ4v) is 4.62. The number of carbonyl (C=O) groups is 1. The van der Waals surface area contributed by atoms with Gasteiger partial charge in [-0.15, -0.1) is 0 Å². The second kappa shape index (κ2) is 11.0. The lowest BCUT2D eigenvalue weighted by molar-refractivity contribution is -0.119. The first-order valence-electron chi connectivity index (χ1n) is 10.6. The summed E-state index contributed by atoms with van der Waals surface area (Å²) in [5.41, 5.74) is 4.41. The average molecular weight is 500 g/mol. The molecule has 0 atom stereocenters. The SMILES string of the molecule is COc1ccc(OC)c(N(CC(=O)N/N=C(\C)c2ccc(F)cc2)S(=O)(=O)c2ccc(C)cc2)c1. The summed E-state index contributed by atoms with van der Waals surface area (Å²) in [6.45, 7) is 2.90. The Labute approximate surface area is 204 Å². The van der Waals surface area contributed by atoms with Gasteiger partial charge in [0.15, 0.2) is 0 Å². The summed E-state index contributed by atoms with van der Waals surface area (Å²) in [5, 5.41) is 4.03. The molecule has 10 heteroatoms. The van der Waals surface area contributed by atoms with E-state index in [9.17, 15) is 17.6 Å². The fraction of sp³-hybridized carbons (Fsp3) is 0.200. The van der Waals surface area contributed by atoms with E-state index in [2.05, 4.69) is 10.5 Å². The van der Waals surface area contributed by atoms with Gasteiger partial charge >= 0.3 is 0 Å². The number of nitrogens with zero attached hydrogens (tertiary/aromatic N) is 2. The highest BCUT2D eigenvalue weighted by atomic mass is 32.2. The number of rotatable bonds is 9. The molecule has 0 spiro atoms. The van der Waals surface area contributed by atoms with E-state index in [1.54, 1.807) is 31.2 Å². The maximum absolute atomic E-state index is 13.6. The number of amides is 1. The zero-order valence-corrected chi connectivity index (χ0v) is 20.6. The van der Waals surface area contributed by atoms with Gasteiger partial charge < -0.3 is 9.47 Å². The minimum Gasteiger partial charge on any atom is -0.497 e. The Morgan fingerprint density at radius 2 is 1.66 bits per heavy atom. The van der Waals surface area contributed by atoms with Crippen molar-refractivity contribution in [1.29, 1.82) is 0 Å². The number of hydrogen-bond donors (Lipinski definition) is 1. The third-order valence-electron chi connectivity index (χ3n) is 5.16. The Bertz CT molecular complexity index is 1320. The molecule has 0 bridgehead atoms. The number of anilines is 1. The van der Waals surface area contributed by atoms with Crippen molar-refractivity contribution < 1.29 is 27.1 Å². The second-order valence-corrected chi connectivity index (χ2v) is 9.46. The van der Waals surface area contributed by atoms with Crippen LogP contribution < -0.4 is 19.2 Å². The average Bonchev–Trinajstić information content (AvgIpc) is 2.86. The van der Waals surface area contributed by atoms with Crippen molar-refractivity contribution in [3.05, 3.63) is 83.7 Å². The van der Waals surface area contributed by atoms with Gasteiger partial charge in [-0.05, 0) is 55.8 Å². The molecule has 1 N–H and O–H groups in total. The molecule has 3 aromatic carbocycles. The molecule has 0 aliphatic rings. The molecule has 0 aromatic heterocycles. The molecule has 0 radical (unpaired) electrons. The van der Waals surface area contributed by atoms with Crippen LogP contribution in [0.4, 0.5) is 10.1 Å². The summed E-state index contributed by atoms with van der Waals surface area (Å²) in [5.74, 6) is -0.461. The zero-order chi connectivity index (χ0) is 25.6. The smallest absolute Gasteiger partial charge is 0.264 e. The number of aryl methyl sites for hydroxylation is 1. The molecule has 1 amide bonds. The molecule has 0 unspecified atom stereocenters. The topological polar surface area (TPSA) is 97.3 Å². The Hall–Kier alpha value is -3.92. The molecule has 0 heterocycles. The van der Waals surface area contributed by atoms with Crippen LogP contribution in [0.1, 0.15) is 18.1 Å². The van der Waals surface area contributed by atoms with Crippen molar-refractivity contribution in [3.63, 3.8) is 0 Å². The molecule has 3 aromatic rings. The van der Waals surface area contributed by atoms with E-state index in [0.29, 0.717) is 17.0 Å². The van der Waals surface area contributed by atoms with Crippen molar-refractivity contribution in [1.82, 2.24) is 5.43 Å². The fourth-order valence-electron chi connectivity index (χ4n) is 3.20. The van der Waals surface area contributed by atoms with Crippen molar-refractivity contribution >= 4 is 27.3 Å². The van der Waals surface area contributed by atoms with Gasteiger partial charge in [-0.3, -0.25) is 9.10 Å². The van der Waals surface area contributed by atoms with E-state index in [1.807, 2.05) is 6.92 Å². The number of methoxy groups -OCH3 is 2. The van der Waals surface area contributed by atoms with Crippen molar-refractivity contribution in [2.45, 2.75) is 18.7 Å². The second-order valence-electron chi connectivity index (χ2n) is 7.60. The van der Waals surface area contributed by atoms with Crippen molar-refractivity contribution in [2.75, 3.05) is 25.1 Å². The molecule has 0 saturated carbocycles. The van der Waals surface area contributed by atoms with Crippen LogP contribution in [-0.4, -0.2) is 40.8 Å². The molecule has 35 heavy (non-hydrogen) atoms. The van der Waals surface area contributed by atoms with Gasteiger partial charge in [0.2, 0.25) is 0 Å². The number of halogens is 1. The lowest BCUT2D eigenvalue weighted by Gasteiger charge is -2.25. The van der Waals surface area contributed by atoms with Gasteiger partial charge in [-0.25, -0.2) is 18.2 Å². The highest BCUT2D eigenvalue weighted by Crippen LogP contribution is 2.35. The minimum absolute atomic E-state index is 0.00627. The maximum atomic E-state index is 13.6. The van der Waals surface area contributed by atoms with E-state index >= 15 is 0 Å². The molecule has 0 fully saturated rings. The van der Waals surface area contributed by atoms with Gasteiger partial charge in [0.25, 0.3) is 15.9 Å². The molecular weight excluding hydrogens is 473 g/mol. The zero-order valence-electron chi connectivity index (χ0n) is 19.8. The molecule has 0 aliphatic heterocycles. The summed E-state index contributed by atoms with van der Waals surface area (Å²) < 4.78 is 52.0. The van der Waals surface area contributed by atoms with Crippen LogP contribution >= 0.6 is 0 Å². The number of nitrogens with one attached hydrogen (secondary N) is 1. The lowest BCUT2D eigenvalue weighted by atomic mass is 10.1. The summed E-state index contributed by atoms with van der Waals surface area (Å²) >= 11 is 0. The van der Waals surface area contributed by atoms with Gasteiger partial charge in [0.05, 0.1) is 30.5 Å². The summed E-state index contributed by atoms with van der Waals surface area (Å²) in [4.78, 5) is 12.9. The van der Waals surface area contributed by atoms with Crippen LogP contribution in [0.2, 0.25) is 0 Å². The van der Waals surface area contributed by atoms with Crippen LogP contribution in [0.5, 0.6) is 11.5 Å². The summed E-state index contributed by atoms with van der Waals surface area (Å²) in [6.07, 6.45) is 0. The Morgan fingerprint density at radius 3 is 2.26 bits per heavy atom. The normalized spacial score (nSPS) is 11.6. The van der Waals surface area contributed by atoms with Gasteiger partial charge in [-0.1, -0.05) is 29.8 Å². The van der Waals surface area contributed by atoms with E-state index in [1.165, 1.54) is 56.7 Å². The van der Waals surface area contributed by atoms with Crippen LogP contribution in [0, 0.1) is 12.7 Å². The minimum atomic E-state index is -4.17. The number of carbonyl (C=O) groups excluding carboxylic acids is 1. The Balaban J connectivity index is 1.97. The van der Waals surface area contributed by atoms with Crippen molar-refractivity contribution in [2.24, 2.45) is 5.10 Å². The van der Waals surface area contributed by atoms with Gasteiger partial charge in [-0.2, -0.15) is 5.10 Å². The van der Waals surface area contributed by atoms with Crippen LogP contribution in [0.25, 0.3) is 0 Å². The molecule has 0 saturated heterocycles. The Morgan fingerprint density at radius 1 is 1.00 bits per heavy atom. The van der Waals surface area contributed by atoms with E-state index in [0.717, 1.165) is 9.87 Å². The standard InChI is InChI=1S/C25H26FN3O5S/c1-17-5-12-22(13-6-17)35(31,32)29(23-15-21(33-3)11-14-24(23)34-4)16-25(30)28-27-18(2)19-7-9-20(26)10-8-19/h5-15H,16H2,1-4H3,(H,28,30)/b27-18+. The van der Waals surface area contributed by atoms with Crippen molar-refractivity contribution in [3.8, 4) is 11.5 Å². The summed E-state index contributed by atoms with van der Waals surface area (Å²) in [7, 11) is -1.32. The number of hydrazone groups is 1. The first kappa shape index (κ1) is 25.7. The van der Waals surface area contributed by atoms with E-state index in [4.69, 9.17) is 9.47 Å². The van der Waals surface area contributed by atoms with Gasteiger partial charge in [0.1, 0.15) is 23.9 Å². The largest absolute Gasteiger partial charge is 0.497 e. The first-order chi connectivity index (χ1) is 16.6. The van der Waals surface area contributed by atoms with Crippen LogP contribution in [0.15, 0.2) is 76.7 Å². The third kappa shape index (κ3) is 6.15. The number of sulfonamides is 1. The van der Waals surface area contributed by atoms with Gasteiger partial charge in [0, 0.05) is 6.07 Å². The molecular formula is C25H26FN3O5S. The van der Waals surface area contributed by atoms with Crippen LogP contribution in [-0.2, 0) is 14.8 Å². The highest BCUT2D eigenvalue weighted by molar-refractivity contribution is 7.92. The van der Waals surface area contributed by atoms with E-state index in [-0.39, 0.29) is 16.3 Å². The van der Waals surface area contributed by atoms with E-state index < -0.39 is 28.3 Å². The summed E-state index contributed by atoms with van der Waals surface area (Å²) in [6, 6.07) is 16.5. The predicted molar refractivity (Wildman–Crippen MR) is 132 cm³/mol. The maximum Gasteiger partial charge on any atom is 0.264 e. The predicted octanol–water partition coefficient (Wildman–Crippen LogP) is 3.89. The molecule has 0 aliphatic carbocycles. The quantitative estimate of drug-likeness (QED) is 0.356. The molecule has 3 rings (SSSR count). The monoisotopic (exact) mass is 499 g/mol. The molecule has 184 valence electrons. The molecule has 8 nitrogen and oxygen atoms in total. The highest BCUT2D eigenvalue weighted by Gasteiger charge is 2.30. The number of hydrogen-bond acceptors (Lipinski definition) is 6. The number of ether oxygens (including phenoxy) is 2. The van der Waals surface area contributed by atoms with Crippen LogP contribution in [0.3, 0.4) is 0 Å². The number of benzene rings is 3. The first-order valence-corrected chi connectivity index (χ1v) is 12.0. The third-order valence-corrected chi connectivity index (χ3v) is 6.94.